The number of halogens is 6. The van der Waals surface area contributed by atoms with Gasteiger partial charge in [-0.05, 0) is 54.9 Å². The number of benzene rings is 2. The maximum atomic E-state index is 14.3. The van der Waals surface area contributed by atoms with Gasteiger partial charge in [0.25, 0.3) is 0 Å². The second-order valence-corrected chi connectivity index (χ2v) is 11.3. The van der Waals surface area contributed by atoms with Crippen molar-refractivity contribution in [1.82, 2.24) is 19.7 Å². The van der Waals surface area contributed by atoms with Gasteiger partial charge in [-0.25, -0.2) is 14.0 Å². The molecule has 0 bridgehead atoms. The third-order valence-corrected chi connectivity index (χ3v) is 7.33. The van der Waals surface area contributed by atoms with Crippen LogP contribution in [-0.2, 0) is 22.8 Å². The van der Waals surface area contributed by atoms with Crippen molar-refractivity contribution in [2.45, 2.75) is 33.1 Å². The molecule has 0 saturated heterocycles. The van der Waals surface area contributed by atoms with Crippen LogP contribution in [0.2, 0.25) is 5.02 Å². The lowest BCUT2D eigenvalue weighted by molar-refractivity contribution is -0.144. The number of carbonyl (C=O) groups excluding carboxylic acids is 1. The van der Waals surface area contributed by atoms with E-state index in [0.29, 0.717) is 16.0 Å². The van der Waals surface area contributed by atoms with Crippen LogP contribution in [0.5, 0.6) is 23.5 Å². The van der Waals surface area contributed by atoms with Gasteiger partial charge in [0.05, 0.1) is 47.2 Å². The minimum Gasteiger partial charge on any atom is -0.481 e. The van der Waals surface area contributed by atoms with Crippen molar-refractivity contribution in [2.24, 2.45) is 12.2 Å². The maximum Gasteiger partial charge on any atom is 0.434 e. The van der Waals surface area contributed by atoms with Gasteiger partial charge in [-0.15, -0.1) is 0 Å². The summed E-state index contributed by atoms with van der Waals surface area (Å²) in [5.74, 6) is -2.45. The number of nitrogens with zero attached hydrogens (tertiary/aromatic N) is 5. The molecule has 268 valence electrons. The van der Waals surface area contributed by atoms with Crippen LogP contribution in [0.3, 0.4) is 0 Å². The van der Waals surface area contributed by atoms with Crippen LogP contribution in [0.25, 0.3) is 11.3 Å². The lowest BCUT2D eigenvalue weighted by Gasteiger charge is -2.12. The Labute approximate surface area is 295 Å². The molecule has 2 heterocycles. The Morgan fingerprint density at radius 2 is 1.66 bits per heavy atom. The normalized spacial score (nSPS) is 11.4. The lowest BCUT2D eigenvalue weighted by atomic mass is 10.0. The Kier molecular flexibility index (Phi) is 13.1. The van der Waals surface area contributed by atoms with E-state index in [9.17, 15) is 32.3 Å². The van der Waals surface area contributed by atoms with E-state index in [-0.39, 0.29) is 50.9 Å². The summed E-state index contributed by atoms with van der Waals surface area (Å²) in [4.78, 5) is 36.5. The average molecular weight is 791 g/mol. The largest absolute Gasteiger partial charge is 0.481 e. The molecule has 0 spiro atoms. The van der Waals surface area contributed by atoms with E-state index in [2.05, 4.69) is 36.2 Å². The second kappa shape index (κ2) is 16.6. The number of carboxylic acids is 1. The van der Waals surface area contributed by atoms with Crippen molar-refractivity contribution in [1.29, 1.82) is 0 Å². The first kappa shape index (κ1) is 39.5. The molecule has 4 rings (SSSR count). The van der Waals surface area contributed by atoms with Gasteiger partial charge in [-0.2, -0.15) is 28.2 Å². The Bertz CT molecular complexity index is 1900. The van der Waals surface area contributed by atoms with E-state index < -0.39 is 40.2 Å². The number of esters is 1. The molecule has 0 fully saturated rings. The van der Waals surface area contributed by atoms with E-state index in [1.807, 2.05) is 0 Å². The molecule has 0 unspecified atom stereocenters. The Balaban J connectivity index is 0.000000270. The first-order valence-corrected chi connectivity index (χ1v) is 15.2. The van der Waals surface area contributed by atoms with Crippen LogP contribution in [0.15, 0.2) is 46.0 Å². The van der Waals surface area contributed by atoms with Gasteiger partial charge in [-0.1, -0.05) is 28.9 Å². The predicted octanol–water partition coefficient (Wildman–Crippen LogP) is 7.58. The predicted molar refractivity (Wildman–Crippen MR) is 175 cm³/mol. The van der Waals surface area contributed by atoms with Crippen LogP contribution in [-0.4, -0.2) is 69.9 Å². The van der Waals surface area contributed by atoms with Crippen molar-refractivity contribution in [2.75, 3.05) is 21.3 Å². The van der Waals surface area contributed by atoms with E-state index in [4.69, 9.17) is 35.4 Å². The van der Waals surface area contributed by atoms with Crippen molar-refractivity contribution in [3.63, 3.8) is 0 Å². The van der Waals surface area contributed by atoms with Crippen molar-refractivity contribution >= 4 is 45.2 Å². The number of carboxylic acid groups (broad SMARTS) is 1. The molecule has 2 aromatic heterocycles. The number of aryl methyl sites for hydroxylation is 1. The minimum absolute atomic E-state index is 0.0472. The number of hydrogen-bond acceptors (Lipinski definition) is 11. The highest BCUT2D eigenvalue weighted by molar-refractivity contribution is 9.10. The Morgan fingerprint density at radius 1 is 1.04 bits per heavy atom. The first-order valence-electron chi connectivity index (χ1n) is 14.0. The zero-order valence-electron chi connectivity index (χ0n) is 27.4. The lowest BCUT2D eigenvalue weighted by Crippen LogP contribution is -2.12. The second-order valence-electron chi connectivity index (χ2n) is 10.1. The molecule has 0 saturated carbocycles. The highest BCUT2D eigenvalue weighted by Crippen LogP contribution is 2.41. The fourth-order valence-corrected chi connectivity index (χ4v) is 5.21. The summed E-state index contributed by atoms with van der Waals surface area (Å²) in [5, 5.41) is 16.8. The molecule has 0 amide bonds. The number of rotatable bonds is 10. The molecule has 0 aliphatic heterocycles. The zero-order valence-corrected chi connectivity index (χ0v) is 29.7. The number of ether oxygens (including phenoxy) is 4. The molecular formula is C31H29BrClF4N5O8. The van der Waals surface area contributed by atoms with Gasteiger partial charge in [0.1, 0.15) is 29.9 Å². The molecular weight excluding hydrogens is 762 g/mol. The van der Waals surface area contributed by atoms with Gasteiger partial charge in [-0.3, -0.25) is 4.68 Å². The number of aromatic carboxylic acids is 1. The van der Waals surface area contributed by atoms with Gasteiger partial charge < -0.3 is 28.9 Å². The van der Waals surface area contributed by atoms with Crippen LogP contribution in [0, 0.1) is 5.82 Å². The fraction of sp³-hybridized carbons (Fsp3) is 0.290. The van der Waals surface area contributed by atoms with E-state index in [0.717, 1.165) is 19.2 Å². The average Bonchev–Trinajstić information content (AvgIpc) is 3.34. The summed E-state index contributed by atoms with van der Waals surface area (Å²) in [6, 6.07) is 7.93. The number of hydrogen-bond donors (Lipinski definition) is 1. The fourth-order valence-electron chi connectivity index (χ4n) is 4.20. The highest BCUT2D eigenvalue weighted by Gasteiger charge is 2.39. The third kappa shape index (κ3) is 9.38. The topological polar surface area (TPSA) is 156 Å². The van der Waals surface area contributed by atoms with Crippen LogP contribution < -0.4 is 14.2 Å². The third-order valence-electron chi connectivity index (χ3n) is 6.27. The number of alkyl halides is 3. The smallest absolute Gasteiger partial charge is 0.434 e. The molecule has 0 radical (unpaired) electrons. The molecule has 0 aliphatic carbocycles. The van der Waals surface area contributed by atoms with E-state index in [1.165, 1.54) is 33.5 Å². The molecule has 50 heavy (non-hydrogen) atoms. The number of carbonyl (C=O) groups is 2. The summed E-state index contributed by atoms with van der Waals surface area (Å²) in [5.41, 5.74) is -1.22. The van der Waals surface area contributed by atoms with Crippen LogP contribution >= 0.6 is 27.5 Å². The van der Waals surface area contributed by atoms with Gasteiger partial charge >= 0.3 is 24.1 Å². The number of methoxy groups -OCH3 is 2. The van der Waals surface area contributed by atoms with Crippen molar-refractivity contribution in [3.05, 3.63) is 74.1 Å². The summed E-state index contributed by atoms with van der Waals surface area (Å²) >= 11 is 8.67. The molecule has 13 nitrogen and oxygen atoms in total. The maximum absolute atomic E-state index is 14.3. The quantitative estimate of drug-likeness (QED) is 0.0731. The molecule has 2 aromatic carbocycles. The van der Waals surface area contributed by atoms with Gasteiger partial charge in [0.2, 0.25) is 11.8 Å². The molecule has 4 aromatic rings. The first-order chi connectivity index (χ1) is 23.4. The SMILES string of the molecule is CC(C)OC(=O)c1cc(-c2nn(C)c(C(F)(F)F)c2Br)c(F)cc1Cl.CON=C(C)c1cccc(Oc2nc(OC)cc(OC)n2)c1C(=O)O. The monoisotopic (exact) mass is 789 g/mol. The molecule has 1 N–H and O–H groups in total. The zero-order chi connectivity index (χ0) is 37.5. The number of oxime groups is 1. The summed E-state index contributed by atoms with van der Waals surface area (Å²) in [6.07, 6.45) is -5.14. The molecule has 19 heteroatoms. The Hall–Kier alpha value is -4.97. The van der Waals surface area contributed by atoms with Crippen molar-refractivity contribution in [3.8, 4) is 34.8 Å². The van der Waals surface area contributed by atoms with Crippen LogP contribution in [0.1, 0.15) is 52.7 Å². The van der Waals surface area contributed by atoms with Crippen molar-refractivity contribution < 1.29 is 56.0 Å². The molecule has 0 atom stereocenters. The summed E-state index contributed by atoms with van der Waals surface area (Å²) in [7, 11) is 5.32. The van der Waals surface area contributed by atoms with E-state index >= 15 is 0 Å². The van der Waals surface area contributed by atoms with E-state index in [1.54, 1.807) is 32.9 Å². The van der Waals surface area contributed by atoms with Gasteiger partial charge in [0, 0.05) is 18.2 Å². The van der Waals surface area contributed by atoms with Crippen LogP contribution in [0.4, 0.5) is 17.6 Å². The number of aromatic nitrogens is 4. The minimum atomic E-state index is -4.69. The standard InChI is InChI=1S/C16H17N3O6.C15H12BrClF4N2O2/c1-9(19-24-4)10-6-5-7-11(14(10)15(20)21)25-16-17-12(22-2)8-13(18-16)23-3;1-6(2)25-14(24)7-4-8(10(18)5-9(7)17)12-11(16)13(15(19,20)21)23(3)22-12/h5-8H,1-4H3,(H,20,21);4-6H,1-3H3. The summed E-state index contributed by atoms with van der Waals surface area (Å²) in [6.45, 7) is 4.85. The highest BCUT2D eigenvalue weighted by atomic mass is 79.9. The van der Waals surface area contributed by atoms with Gasteiger partial charge in [0.15, 0.2) is 5.69 Å². The molecule has 0 aliphatic rings. The summed E-state index contributed by atoms with van der Waals surface area (Å²) < 4.78 is 74.3. The Morgan fingerprint density at radius 3 is 2.16 bits per heavy atom.